The number of rotatable bonds is 10. The van der Waals surface area contributed by atoms with Gasteiger partial charge in [-0.15, -0.1) is 0 Å². The van der Waals surface area contributed by atoms with Crippen LogP contribution in [0.5, 0.6) is 0 Å². The van der Waals surface area contributed by atoms with E-state index in [1.54, 1.807) is 0 Å². The third-order valence-electron chi connectivity index (χ3n) is 12.8. The quantitative estimate of drug-likeness (QED) is 0.125. The van der Waals surface area contributed by atoms with Gasteiger partial charge in [-0.3, -0.25) is 0 Å². The Labute approximate surface area is 354 Å². The van der Waals surface area contributed by atoms with Crippen molar-refractivity contribution < 1.29 is 0 Å². The van der Waals surface area contributed by atoms with Crippen LogP contribution < -0.4 is 4.90 Å². The van der Waals surface area contributed by atoms with E-state index in [0.717, 1.165) is 24.2 Å². The van der Waals surface area contributed by atoms with Crippen LogP contribution in [0.4, 0.5) is 17.1 Å². The first-order chi connectivity index (χ1) is 29.6. The zero-order valence-electron chi connectivity index (χ0n) is 34.2. The molecule has 9 aromatic carbocycles. The summed E-state index contributed by atoms with van der Waals surface area (Å²) in [5.74, 6) is 0. The molecule has 0 aromatic heterocycles. The summed E-state index contributed by atoms with van der Waals surface area (Å²) in [6, 6.07) is 77.6. The highest BCUT2D eigenvalue weighted by atomic mass is 15.1. The number of hydrogen-bond donors (Lipinski definition) is 0. The minimum Gasteiger partial charge on any atom is -0.310 e. The maximum Gasteiger partial charge on any atom is 0.0465 e. The minimum atomic E-state index is -0.0664. The van der Waals surface area contributed by atoms with Crippen molar-refractivity contribution >= 4 is 40.0 Å². The molecule has 0 unspecified atom stereocenters. The summed E-state index contributed by atoms with van der Waals surface area (Å²) >= 11 is 0. The van der Waals surface area contributed by atoms with Gasteiger partial charge in [0.05, 0.1) is 0 Å². The van der Waals surface area contributed by atoms with Crippen molar-refractivity contribution in [3.8, 4) is 44.5 Å². The number of para-hydroxylation sites is 2. The fourth-order valence-electron chi connectivity index (χ4n) is 9.61. The van der Waals surface area contributed by atoms with E-state index in [4.69, 9.17) is 0 Å². The topological polar surface area (TPSA) is 3.24 Å². The van der Waals surface area contributed by atoms with Gasteiger partial charge >= 0.3 is 0 Å². The molecule has 60 heavy (non-hydrogen) atoms. The molecule has 0 bridgehead atoms. The molecule has 0 atom stereocenters. The fourth-order valence-corrected chi connectivity index (χ4v) is 9.61. The third kappa shape index (κ3) is 6.63. The molecule has 0 saturated carbocycles. The second-order valence-corrected chi connectivity index (χ2v) is 15.9. The lowest BCUT2D eigenvalue weighted by atomic mass is 9.73. The van der Waals surface area contributed by atoms with Gasteiger partial charge < -0.3 is 4.90 Å². The molecular weight excluding hydrogens is 723 g/mol. The van der Waals surface area contributed by atoms with Crippen molar-refractivity contribution in [2.45, 2.75) is 32.1 Å². The van der Waals surface area contributed by atoms with E-state index in [1.165, 1.54) is 83.2 Å². The van der Waals surface area contributed by atoms with Crippen LogP contribution in [0.15, 0.2) is 212 Å². The van der Waals surface area contributed by atoms with Crippen molar-refractivity contribution in [2.75, 3.05) is 4.90 Å². The maximum atomic E-state index is 2.46. The maximum absolute atomic E-state index is 2.46. The van der Waals surface area contributed by atoms with E-state index in [9.17, 15) is 0 Å². The third-order valence-corrected chi connectivity index (χ3v) is 12.8. The van der Waals surface area contributed by atoms with Crippen molar-refractivity contribution in [3.63, 3.8) is 0 Å². The highest BCUT2D eigenvalue weighted by Crippen LogP contribution is 2.54. The Balaban J connectivity index is 0.970. The summed E-state index contributed by atoms with van der Waals surface area (Å²) in [7, 11) is 0. The summed E-state index contributed by atoms with van der Waals surface area (Å²) < 4.78 is 0. The predicted molar refractivity (Wildman–Crippen MR) is 257 cm³/mol. The Kier molecular flexibility index (Phi) is 9.79. The van der Waals surface area contributed by atoms with E-state index in [0.29, 0.717) is 0 Å². The Bertz CT molecular complexity index is 2930. The zero-order valence-corrected chi connectivity index (χ0v) is 34.2. The van der Waals surface area contributed by atoms with E-state index >= 15 is 0 Å². The number of benzene rings is 9. The first-order valence-electron chi connectivity index (χ1n) is 21.3. The Morgan fingerprint density at radius 3 is 1.62 bits per heavy atom. The molecule has 0 heterocycles. The lowest BCUT2D eigenvalue weighted by molar-refractivity contribution is 0.490. The van der Waals surface area contributed by atoms with Crippen LogP contribution in [-0.2, 0) is 5.41 Å². The van der Waals surface area contributed by atoms with E-state index in [1.807, 2.05) is 0 Å². The summed E-state index contributed by atoms with van der Waals surface area (Å²) in [6.45, 7) is 4.71. The van der Waals surface area contributed by atoms with Crippen molar-refractivity contribution in [1.82, 2.24) is 0 Å². The highest BCUT2D eigenvalue weighted by Gasteiger charge is 2.41. The first-order valence-corrected chi connectivity index (χ1v) is 21.3. The molecule has 0 radical (unpaired) electrons. The van der Waals surface area contributed by atoms with Crippen LogP contribution >= 0.6 is 0 Å². The summed E-state index contributed by atoms with van der Waals surface area (Å²) in [4.78, 5) is 2.38. The summed E-state index contributed by atoms with van der Waals surface area (Å²) in [6.07, 6.45) is 6.60. The van der Waals surface area contributed by atoms with Crippen LogP contribution in [0.25, 0.3) is 67.4 Å². The van der Waals surface area contributed by atoms with Crippen molar-refractivity contribution in [1.29, 1.82) is 0 Å². The Morgan fingerprint density at radius 1 is 0.367 bits per heavy atom. The molecule has 0 spiro atoms. The standard InChI is InChI=1S/C59H47N/c1-3-59(4-2)57-39-43(31-36-54(57)55-38-35-50(41-58(55)59)60(48-21-10-6-11-22-48)49-23-12-7-13-24-49)28-27-42-29-32-46(33-30-42)52-37-34-47(44-17-8-5-9-18-44)40-56(52)53-26-16-20-45-19-14-15-25-51(45)53/h5-41H,3-4H2,1-2H3/b28-27+. The van der Waals surface area contributed by atoms with Crippen LogP contribution in [-0.4, -0.2) is 0 Å². The van der Waals surface area contributed by atoms with Crippen LogP contribution in [0.1, 0.15) is 48.9 Å². The molecule has 1 aliphatic rings. The monoisotopic (exact) mass is 769 g/mol. The smallest absolute Gasteiger partial charge is 0.0465 e. The van der Waals surface area contributed by atoms with E-state index in [2.05, 4.69) is 243 Å². The first kappa shape index (κ1) is 37.1. The molecule has 1 nitrogen and oxygen atoms in total. The number of nitrogens with zero attached hydrogens (tertiary/aromatic N) is 1. The van der Waals surface area contributed by atoms with Gasteiger partial charge in [-0.25, -0.2) is 0 Å². The molecule has 9 aromatic rings. The second kappa shape index (κ2) is 15.9. The summed E-state index contributed by atoms with van der Waals surface area (Å²) in [5, 5.41) is 2.51. The van der Waals surface area contributed by atoms with Crippen molar-refractivity contribution in [3.05, 3.63) is 235 Å². The van der Waals surface area contributed by atoms with Gasteiger partial charge in [0, 0.05) is 22.5 Å². The fraction of sp³-hybridized carbons (Fsp3) is 0.0847. The largest absolute Gasteiger partial charge is 0.310 e. The lowest BCUT2D eigenvalue weighted by Crippen LogP contribution is -2.23. The minimum absolute atomic E-state index is 0.0664. The average Bonchev–Trinajstić information content (AvgIpc) is 3.60. The molecule has 0 N–H and O–H groups in total. The van der Waals surface area contributed by atoms with Gasteiger partial charge in [-0.1, -0.05) is 196 Å². The number of fused-ring (bicyclic) bond motifs is 4. The number of anilines is 3. The van der Waals surface area contributed by atoms with Crippen molar-refractivity contribution in [2.24, 2.45) is 0 Å². The summed E-state index contributed by atoms with van der Waals surface area (Å²) in [5.41, 5.74) is 18.8. The van der Waals surface area contributed by atoms with E-state index < -0.39 is 0 Å². The average molecular weight is 770 g/mol. The molecule has 0 fully saturated rings. The Morgan fingerprint density at radius 2 is 0.917 bits per heavy atom. The lowest BCUT2D eigenvalue weighted by Gasteiger charge is -2.32. The van der Waals surface area contributed by atoms with Gasteiger partial charge in [-0.05, 0) is 133 Å². The molecule has 1 aliphatic carbocycles. The molecule has 10 rings (SSSR count). The van der Waals surface area contributed by atoms with Gasteiger partial charge in [0.1, 0.15) is 0 Å². The Hall–Kier alpha value is -7.22. The SMILES string of the molecule is CCC1(CC)c2cc(/C=C/c3ccc(-c4ccc(-c5ccccc5)cc4-c4cccc5ccccc45)cc3)ccc2-c2ccc(N(c3ccccc3)c3ccccc3)cc21. The molecule has 1 heteroatoms. The van der Waals surface area contributed by atoms with Crippen LogP contribution in [0.2, 0.25) is 0 Å². The number of hydrogen-bond acceptors (Lipinski definition) is 1. The van der Waals surface area contributed by atoms with Gasteiger partial charge in [-0.2, -0.15) is 0 Å². The second-order valence-electron chi connectivity index (χ2n) is 15.9. The van der Waals surface area contributed by atoms with Gasteiger partial charge in [0.25, 0.3) is 0 Å². The molecule has 288 valence electrons. The highest BCUT2D eigenvalue weighted by molar-refractivity contribution is 6.01. The van der Waals surface area contributed by atoms with Gasteiger partial charge in [0.15, 0.2) is 0 Å². The van der Waals surface area contributed by atoms with Gasteiger partial charge in [0.2, 0.25) is 0 Å². The predicted octanol–water partition coefficient (Wildman–Crippen LogP) is 16.6. The normalized spacial score (nSPS) is 12.7. The zero-order chi connectivity index (χ0) is 40.5. The van der Waals surface area contributed by atoms with Crippen LogP contribution in [0, 0.1) is 0 Å². The molecular formula is C59H47N. The molecule has 0 saturated heterocycles. The van der Waals surface area contributed by atoms with E-state index in [-0.39, 0.29) is 5.41 Å². The molecule has 0 amide bonds. The molecule has 0 aliphatic heterocycles. The van der Waals surface area contributed by atoms with Crippen LogP contribution in [0.3, 0.4) is 0 Å².